The van der Waals surface area contributed by atoms with Gasteiger partial charge in [-0.25, -0.2) is 4.98 Å². The Morgan fingerprint density at radius 2 is 1.74 bits per heavy atom. The summed E-state index contributed by atoms with van der Waals surface area (Å²) in [4.78, 5) is 21.6. The van der Waals surface area contributed by atoms with Gasteiger partial charge in [0.1, 0.15) is 5.82 Å². The van der Waals surface area contributed by atoms with Crippen molar-refractivity contribution in [2.45, 2.75) is 26.7 Å². The second-order valence-electron chi connectivity index (χ2n) is 7.98. The van der Waals surface area contributed by atoms with Gasteiger partial charge in [0.25, 0.3) is 0 Å². The quantitative estimate of drug-likeness (QED) is 0.528. The molecule has 1 fully saturated rings. The summed E-state index contributed by atoms with van der Waals surface area (Å²) in [6, 6.07) is 19.1. The third-order valence-corrected chi connectivity index (χ3v) is 6.01. The number of likely N-dealkylation sites (N-methyl/N-ethyl adjacent to an activating group) is 1. The fourth-order valence-electron chi connectivity index (χ4n) is 4.17. The molecule has 0 atom stereocenters. The van der Waals surface area contributed by atoms with Gasteiger partial charge in [0.05, 0.1) is 12.3 Å². The second-order valence-corrected chi connectivity index (χ2v) is 7.98. The van der Waals surface area contributed by atoms with Gasteiger partial charge in [0.15, 0.2) is 0 Å². The Balaban J connectivity index is 1.59. The lowest BCUT2D eigenvalue weighted by Gasteiger charge is -2.35. The average molecular weight is 418 g/mol. The first kappa shape index (κ1) is 21.3. The maximum Gasteiger partial charge on any atom is 0.306 e. The summed E-state index contributed by atoms with van der Waals surface area (Å²) < 4.78 is 5.03. The summed E-state index contributed by atoms with van der Waals surface area (Å²) in [7, 11) is 0. The van der Waals surface area contributed by atoms with Crippen LogP contribution in [0.4, 0.5) is 5.82 Å². The standard InChI is InChI=1S/C26H31N3O2/c1-3-28-15-17-29(18-16-28)26-23-8-6-5-7-22(23)19-24(27-26)21-12-9-20(10-13-21)11-14-25(30)31-4-2/h5-10,12-13,19H,3-4,11,14-18H2,1-2H3. The van der Waals surface area contributed by atoms with Crippen molar-refractivity contribution in [3.05, 3.63) is 60.2 Å². The Labute approximate surface area is 184 Å². The number of ether oxygens (including phenoxy) is 1. The van der Waals surface area contributed by atoms with Gasteiger partial charge >= 0.3 is 5.97 Å². The fourth-order valence-corrected chi connectivity index (χ4v) is 4.17. The molecular weight excluding hydrogens is 386 g/mol. The number of hydrogen-bond acceptors (Lipinski definition) is 5. The van der Waals surface area contributed by atoms with E-state index >= 15 is 0 Å². The third kappa shape index (κ3) is 5.05. The van der Waals surface area contributed by atoms with E-state index in [0.29, 0.717) is 19.4 Å². The molecule has 1 saturated heterocycles. The molecule has 1 aliphatic rings. The van der Waals surface area contributed by atoms with Crippen molar-refractivity contribution in [3.8, 4) is 11.3 Å². The summed E-state index contributed by atoms with van der Waals surface area (Å²) in [6.45, 7) is 9.74. The minimum atomic E-state index is -0.143. The lowest BCUT2D eigenvalue weighted by Crippen LogP contribution is -2.46. The van der Waals surface area contributed by atoms with Crippen molar-refractivity contribution in [1.29, 1.82) is 0 Å². The molecule has 0 spiro atoms. The van der Waals surface area contributed by atoms with Crippen molar-refractivity contribution in [3.63, 3.8) is 0 Å². The highest BCUT2D eigenvalue weighted by molar-refractivity contribution is 5.95. The molecule has 0 radical (unpaired) electrons. The van der Waals surface area contributed by atoms with Crippen molar-refractivity contribution < 1.29 is 9.53 Å². The van der Waals surface area contributed by atoms with Crippen molar-refractivity contribution in [2.75, 3.05) is 44.2 Å². The SMILES string of the molecule is CCOC(=O)CCc1ccc(-c2cc3ccccc3c(N3CCN(CC)CC3)n2)cc1. The molecule has 2 aromatic carbocycles. The van der Waals surface area contributed by atoms with Gasteiger partial charge in [0, 0.05) is 43.5 Å². The first-order chi connectivity index (χ1) is 15.2. The van der Waals surface area contributed by atoms with Crippen LogP contribution in [-0.2, 0) is 16.0 Å². The zero-order chi connectivity index (χ0) is 21.6. The van der Waals surface area contributed by atoms with Crippen LogP contribution in [0.15, 0.2) is 54.6 Å². The molecule has 162 valence electrons. The van der Waals surface area contributed by atoms with E-state index < -0.39 is 0 Å². The number of carbonyl (C=O) groups is 1. The Morgan fingerprint density at radius 3 is 2.45 bits per heavy atom. The number of rotatable bonds is 7. The molecule has 0 N–H and O–H groups in total. The van der Waals surface area contributed by atoms with Crippen LogP contribution < -0.4 is 4.90 Å². The summed E-state index contributed by atoms with van der Waals surface area (Å²) in [6.07, 6.45) is 1.10. The summed E-state index contributed by atoms with van der Waals surface area (Å²) in [5.74, 6) is 0.936. The number of aromatic nitrogens is 1. The van der Waals surface area contributed by atoms with Crippen LogP contribution >= 0.6 is 0 Å². The Morgan fingerprint density at radius 1 is 1.00 bits per heavy atom. The van der Waals surface area contributed by atoms with Gasteiger partial charge < -0.3 is 14.5 Å². The highest BCUT2D eigenvalue weighted by Crippen LogP contribution is 2.31. The molecule has 4 rings (SSSR count). The van der Waals surface area contributed by atoms with Crippen molar-refractivity contribution >= 4 is 22.6 Å². The van der Waals surface area contributed by atoms with E-state index in [1.807, 2.05) is 6.92 Å². The minimum absolute atomic E-state index is 0.143. The lowest BCUT2D eigenvalue weighted by atomic mass is 10.0. The van der Waals surface area contributed by atoms with E-state index in [1.165, 1.54) is 10.8 Å². The maximum absolute atomic E-state index is 11.6. The number of pyridine rings is 1. The van der Waals surface area contributed by atoms with E-state index in [4.69, 9.17) is 9.72 Å². The van der Waals surface area contributed by atoms with E-state index in [9.17, 15) is 4.79 Å². The van der Waals surface area contributed by atoms with Crippen LogP contribution in [0.1, 0.15) is 25.8 Å². The molecule has 1 aliphatic heterocycles. The summed E-state index contributed by atoms with van der Waals surface area (Å²) in [5, 5.41) is 2.43. The normalized spacial score (nSPS) is 14.7. The van der Waals surface area contributed by atoms with Gasteiger partial charge in [0.2, 0.25) is 0 Å². The van der Waals surface area contributed by atoms with Crippen molar-refractivity contribution in [1.82, 2.24) is 9.88 Å². The van der Waals surface area contributed by atoms with Gasteiger partial charge in [-0.05, 0) is 36.9 Å². The van der Waals surface area contributed by atoms with E-state index in [0.717, 1.165) is 55.4 Å². The Bertz CT molecular complexity index is 1020. The first-order valence-electron chi connectivity index (χ1n) is 11.3. The topological polar surface area (TPSA) is 45.7 Å². The Kier molecular flexibility index (Phi) is 6.82. The average Bonchev–Trinajstić information content (AvgIpc) is 2.82. The smallest absolute Gasteiger partial charge is 0.306 e. The van der Waals surface area contributed by atoms with Crippen LogP contribution in [-0.4, -0.2) is 55.2 Å². The van der Waals surface area contributed by atoms with Gasteiger partial charge in [-0.2, -0.15) is 0 Å². The molecular formula is C26H31N3O2. The van der Waals surface area contributed by atoms with E-state index in [1.54, 1.807) is 0 Å². The monoisotopic (exact) mass is 417 g/mol. The fraction of sp³-hybridized carbons (Fsp3) is 0.385. The van der Waals surface area contributed by atoms with Crippen LogP contribution in [0.2, 0.25) is 0 Å². The predicted molar refractivity (Wildman–Crippen MR) is 126 cm³/mol. The molecule has 5 nitrogen and oxygen atoms in total. The molecule has 0 amide bonds. The largest absolute Gasteiger partial charge is 0.466 e. The van der Waals surface area contributed by atoms with Crippen LogP contribution in [0, 0.1) is 0 Å². The molecule has 0 bridgehead atoms. The summed E-state index contributed by atoms with van der Waals surface area (Å²) in [5.41, 5.74) is 3.22. The molecule has 5 heteroatoms. The summed E-state index contributed by atoms with van der Waals surface area (Å²) >= 11 is 0. The lowest BCUT2D eigenvalue weighted by molar-refractivity contribution is -0.143. The molecule has 31 heavy (non-hydrogen) atoms. The van der Waals surface area contributed by atoms with E-state index in [-0.39, 0.29) is 5.97 Å². The van der Waals surface area contributed by atoms with Gasteiger partial charge in [-0.3, -0.25) is 4.79 Å². The Hall–Kier alpha value is -2.92. The molecule has 2 heterocycles. The van der Waals surface area contributed by atoms with Crippen molar-refractivity contribution in [2.24, 2.45) is 0 Å². The number of anilines is 1. The molecule has 0 aliphatic carbocycles. The highest BCUT2D eigenvalue weighted by atomic mass is 16.5. The number of aryl methyl sites for hydroxylation is 1. The number of carbonyl (C=O) groups excluding carboxylic acids is 1. The van der Waals surface area contributed by atoms with Crippen LogP contribution in [0.5, 0.6) is 0 Å². The zero-order valence-corrected chi connectivity index (χ0v) is 18.5. The minimum Gasteiger partial charge on any atom is -0.466 e. The van der Waals surface area contributed by atoms with Crippen LogP contribution in [0.3, 0.4) is 0 Å². The van der Waals surface area contributed by atoms with Gasteiger partial charge in [-0.15, -0.1) is 0 Å². The zero-order valence-electron chi connectivity index (χ0n) is 18.5. The third-order valence-electron chi connectivity index (χ3n) is 6.01. The first-order valence-corrected chi connectivity index (χ1v) is 11.3. The number of piperazine rings is 1. The number of nitrogens with zero attached hydrogens (tertiary/aromatic N) is 3. The number of esters is 1. The molecule has 3 aromatic rings. The highest BCUT2D eigenvalue weighted by Gasteiger charge is 2.19. The van der Waals surface area contributed by atoms with Gasteiger partial charge in [-0.1, -0.05) is 55.5 Å². The second kappa shape index (κ2) is 9.92. The molecule has 0 unspecified atom stereocenters. The van der Waals surface area contributed by atoms with E-state index in [2.05, 4.69) is 71.3 Å². The number of fused-ring (bicyclic) bond motifs is 1. The molecule has 0 saturated carbocycles. The maximum atomic E-state index is 11.6. The number of benzene rings is 2. The van der Waals surface area contributed by atoms with Crippen LogP contribution in [0.25, 0.3) is 22.0 Å². The number of hydrogen-bond donors (Lipinski definition) is 0. The molecule has 1 aromatic heterocycles. The predicted octanol–water partition coefficient (Wildman–Crippen LogP) is 4.54.